The Labute approximate surface area is 161 Å². The highest BCUT2D eigenvalue weighted by molar-refractivity contribution is 6.02. The molecule has 138 valence electrons. The molecule has 1 atom stereocenters. The maximum atomic E-state index is 13.0. The van der Waals surface area contributed by atoms with Gasteiger partial charge in [0.15, 0.2) is 5.60 Å². The van der Waals surface area contributed by atoms with Crippen LogP contribution < -0.4 is 0 Å². The molecule has 3 aromatic carbocycles. The number of hydrogen-bond donors (Lipinski definition) is 0. The highest BCUT2D eigenvalue weighted by Gasteiger charge is 2.50. The first-order valence-corrected chi connectivity index (χ1v) is 9.62. The van der Waals surface area contributed by atoms with Crippen LogP contribution in [-0.4, -0.2) is 5.97 Å². The van der Waals surface area contributed by atoms with E-state index in [1.54, 1.807) is 0 Å². The molecule has 0 fully saturated rings. The molecule has 1 unspecified atom stereocenters. The third-order valence-electron chi connectivity index (χ3n) is 5.60. The Morgan fingerprint density at radius 1 is 0.889 bits per heavy atom. The minimum atomic E-state index is -0.764. The average Bonchev–Trinajstić information content (AvgIpc) is 2.92. The van der Waals surface area contributed by atoms with Gasteiger partial charge in [-0.2, -0.15) is 0 Å². The van der Waals surface area contributed by atoms with Crippen LogP contribution in [0.1, 0.15) is 45.7 Å². The Hall–Kier alpha value is -2.61. The number of carbonyl (C=O) groups is 1. The second-order valence-corrected chi connectivity index (χ2v) is 8.78. The minimum Gasteiger partial charge on any atom is -0.448 e. The van der Waals surface area contributed by atoms with Gasteiger partial charge in [-0.1, -0.05) is 74.5 Å². The summed E-state index contributed by atoms with van der Waals surface area (Å²) in [6.07, 6.45) is 0. The zero-order valence-electron chi connectivity index (χ0n) is 16.7. The summed E-state index contributed by atoms with van der Waals surface area (Å²) in [5, 5.41) is 2.41. The van der Waals surface area contributed by atoms with Gasteiger partial charge < -0.3 is 4.74 Å². The van der Waals surface area contributed by atoms with E-state index in [-0.39, 0.29) is 11.9 Å². The number of benzene rings is 3. The van der Waals surface area contributed by atoms with E-state index >= 15 is 0 Å². The normalized spacial score (nSPS) is 18.4. The van der Waals surface area contributed by atoms with Crippen molar-refractivity contribution in [2.24, 2.45) is 11.3 Å². The van der Waals surface area contributed by atoms with E-state index in [2.05, 4.69) is 68.4 Å². The van der Waals surface area contributed by atoms with E-state index in [0.29, 0.717) is 0 Å². The molecule has 0 radical (unpaired) electrons. The monoisotopic (exact) mass is 358 g/mol. The van der Waals surface area contributed by atoms with Crippen molar-refractivity contribution in [2.45, 2.75) is 40.2 Å². The lowest BCUT2D eigenvalue weighted by molar-refractivity contribution is -0.170. The van der Waals surface area contributed by atoms with Crippen LogP contribution in [0.5, 0.6) is 0 Å². The molecule has 3 aromatic rings. The summed E-state index contributed by atoms with van der Waals surface area (Å²) in [5.74, 6) is -0.0700. The van der Waals surface area contributed by atoms with E-state index in [0.717, 1.165) is 11.1 Å². The van der Waals surface area contributed by atoms with Crippen molar-refractivity contribution in [3.8, 4) is 11.1 Å². The first kappa shape index (κ1) is 17.8. The molecule has 0 saturated heterocycles. The largest absolute Gasteiger partial charge is 0.448 e. The van der Waals surface area contributed by atoms with Crippen LogP contribution in [0.15, 0.2) is 60.7 Å². The molecule has 0 saturated carbocycles. The topological polar surface area (TPSA) is 26.3 Å². The molecule has 4 rings (SSSR count). The van der Waals surface area contributed by atoms with Gasteiger partial charge in [0.1, 0.15) is 0 Å². The number of esters is 1. The van der Waals surface area contributed by atoms with Gasteiger partial charge in [0, 0.05) is 17.0 Å². The van der Waals surface area contributed by atoms with Gasteiger partial charge in [0.05, 0.1) is 5.41 Å². The summed E-state index contributed by atoms with van der Waals surface area (Å²) in [6, 6.07) is 21.1. The van der Waals surface area contributed by atoms with E-state index in [1.807, 2.05) is 26.8 Å². The van der Waals surface area contributed by atoms with Crippen molar-refractivity contribution in [3.05, 3.63) is 71.8 Å². The summed E-state index contributed by atoms with van der Waals surface area (Å²) in [6.45, 7) is 10.00. The zero-order valence-corrected chi connectivity index (χ0v) is 16.7. The summed E-state index contributed by atoms with van der Waals surface area (Å²) in [5.41, 5.74) is 3.22. The number of ether oxygens (including phenoxy) is 1. The van der Waals surface area contributed by atoms with Crippen LogP contribution in [0.2, 0.25) is 0 Å². The average molecular weight is 358 g/mol. The molecule has 0 heterocycles. The molecule has 0 spiro atoms. The Balaban J connectivity index is 2.07. The molecule has 2 nitrogen and oxygen atoms in total. The molecule has 0 bridgehead atoms. The molecule has 0 aliphatic heterocycles. The Morgan fingerprint density at radius 2 is 1.56 bits per heavy atom. The molecule has 0 N–H and O–H groups in total. The van der Waals surface area contributed by atoms with Crippen molar-refractivity contribution in [3.63, 3.8) is 0 Å². The van der Waals surface area contributed by atoms with Gasteiger partial charge in [0.25, 0.3) is 0 Å². The lowest BCUT2D eigenvalue weighted by atomic mass is 9.80. The van der Waals surface area contributed by atoms with Crippen molar-refractivity contribution in [2.75, 3.05) is 0 Å². The fraction of sp³-hybridized carbons (Fsp3) is 0.320. The second-order valence-electron chi connectivity index (χ2n) is 8.78. The number of fused-ring (bicyclic) bond motifs is 5. The summed E-state index contributed by atoms with van der Waals surface area (Å²) in [4.78, 5) is 13.0. The molecule has 0 amide bonds. The Bertz CT molecular complexity index is 1040. The van der Waals surface area contributed by atoms with Crippen molar-refractivity contribution in [1.29, 1.82) is 0 Å². The lowest BCUT2D eigenvalue weighted by Gasteiger charge is -2.37. The summed E-state index contributed by atoms with van der Waals surface area (Å²) in [7, 11) is 0. The van der Waals surface area contributed by atoms with Crippen LogP contribution in [-0.2, 0) is 15.1 Å². The fourth-order valence-corrected chi connectivity index (χ4v) is 4.19. The van der Waals surface area contributed by atoms with E-state index < -0.39 is 11.0 Å². The van der Waals surface area contributed by atoms with Crippen molar-refractivity contribution < 1.29 is 9.53 Å². The van der Waals surface area contributed by atoms with Gasteiger partial charge in [0.2, 0.25) is 0 Å². The summed E-state index contributed by atoms with van der Waals surface area (Å²) < 4.78 is 6.39. The van der Waals surface area contributed by atoms with Gasteiger partial charge in [-0.05, 0) is 42.7 Å². The second kappa shape index (κ2) is 5.95. The van der Waals surface area contributed by atoms with Gasteiger partial charge >= 0.3 is 5.97 Å². The lowest BCUT2D eigenvalue weighted by Crippen LogP contribution is -2.40. The predicted molar refractivity (Wildman–Crippen MR) is 111 cm³/mol. The zero-order chi connectivity index (χ0) is 19.4. The Morgan fingerprint density at radius 3 is 2.26 bits per heavy atom. The highest BCUT2D eigenvalue weighted by Crippen LogP contribution is 2.55. The maximum Gasteiger partial charge on any atom is 0.312 e. The molecular weight excluding hydrogens is 332 g/mol. The predicted octanol–water partition coefficient (Wildman–Crippen LogP) is 6.31. The number of carbonyl (C=O) groups excluding carboxylic acids is 1. The maximum absolute atomic E-state index is 13.0. The van der Waals surface area contributed by atoms with E-state index in [4.69, 9.17) is 4.74 Å². The standard InChI is InChI=1S/C25H26O2/c1-16(2)25(27-23(26)24(3,4)5)20-13-9-8-12-19(20)22-18-11-7-6-10-17(18)14-15-21(22)25/h6-16H,1-5H3. The van der Waals surface area contributed by atoms with Gasteiger partial charge in [-0.15, -0.1) is 0 Å². The first-order valence-electron chi connectivity index (χ1n) is 9.62. The van der Waals surface area contributed by atoms with Gasteiger partial charge in [-0.3, -0.25) is 4.79 Å². The minimum absolute atomic E-state index is 0.104. The van der Waals surface area contributed by atoms with Crippen molar-refractivity contribution in [1.82, 2.24) is 0 Å². The molecule has 27 heavy (non-hydrogen) atoms. The highest BCUT2D eigenvalue weighted by atomic mass is 16.6. The molecule has 1 aliphatic carbocycles. The van der Waals surface area contributed by atoms with Crippen LogP contribution >= 0.6 is 0 Å². The summed E-state index contributed by atoms with van der Waals surface area (Å²) >= 11 is 0. The number of rotatable bonds is 2. The smallest absolute Gasteiger partial charge is 0.312 e. The third kappa shape index (κ3) is 2.50. The van der Waals surface area contributed by atoms with Gasteiger partial charge in [-0.25, -0.2) is 0 Å². The molecule has 0 aromatic heterocycles. The quantitative estimate of drug-likeness (QED) is 0.502. The first-order chi connectivity index (χ1) is 12.8. The van der Waals surface area contributed by atoms with Crippen LogP contribution in [0.4, 0.5) is 0 Å². The SMILES string of the molecule is CC(C)C1(OC(=O)C(C)(C)C)c2ccccc2-c2c1ccc1ccccc21. The third-order valence-corrected chi connectivity index (χ3v) is 5.60. The van der Waals surface area contributed by atoms with Crippen LogP contribution in [0, 0.1) is 11.3 Å². The van der Waals surface area contributed by atoms with Crippen molar-refractivity contribution >= 4 is 16.7 Å². The molecule has 1 aliphatic rings. The van der Waals surface area contributed by atoms with Crippen LogP contribution in [0.3, 0.4) is 0 Å². The fourth-order valence-electron chi connectivity index (χ4n) is 4.19. The van der Waals surface area contributed by atoms with Crippen LogP contribution in [0.25, 0.3) is 21.9 Å². The van der Waals surface area contributed by atoms with E-state index in [1.165, 1.54) is 21.9 Å². The van der Waals surface area contributed by atoms with E-state index in [9.17, 15) is 4.79 Å². The number of hydrogen-bond acceptors (Lipinski definition) is 2. The molecular formula is C25H26O2. The Kier molecular flexibility index (Phi) is 3.92. The molecule has 2 heteroatoms.